The van der Waals surface area contributed by atoms with Gasteiger partial charge in [0.05, 0.1) is 6.10 Å². The van der Waals surface area contributed by atoms with Crippen molar-refractivity contribution in [1.82, 2.24) is 0 Å². The van der Waals surface area contributed by atoms with Crippen LogP contribution in [0, 0.1) is 0 Å². The Kier molecular flexibility index (Phi) is 4.88. The largest absolute Gasteiger partial charge is 0.456 e. The number of ether oxygens (including phenoxy) is 3. The number of carbonyl (C=O) groups excluding carboxylic acids is 2. The van der Waals surface area contributed by atoms with E-state index in [4.69, 9.17) is 14.2 Å². The molecule has 0 N–H and O–H groups in total. The Morgan fingerprint density at radius 2 is 1.65 bits per heavy atom. The van der Waals surface area contributed by atoms with E-state index in [0.717, 1.165) is 0 Å². The van der Waals surface area contributed by atoms with Gasteiger partial charge in [-0.15, -0.1) is 0 Å². The van der Waals surface area contributed by atoms with Crippen LogP contribution in [0.2, 0.25) is 0 Å². The molecule has 5 atom stereocenters. The van der Waals surface area contributed by atoms with Crippen molar-refractivity contribution in [3.8, 4) is 0 Å². The van der Waals surface area contributed by atoms with Crippen molar-refractivity contribution in [2.75, 3.05) is 0 Å². The van der Waals surface area contributed by atoms with Gasteiger partial charge in [0.15, 0.2) is 18.4 Å². The lowest BCUT2D eigenvalue weighted by Gasteiger charge is -2.39. The Morgan fingerprint density at radius 3 is 2.12 bits per heavy atom. The highest BCUT2D eigenvalue weighted by atomic mass is 79.9. The van der Waals surface area contributed by atoms with Crippen LogP contribution in [0.3, 0.4) is 0 Å². The summed E-state index contributed by atoms with van der Waals surface area (Å²) in [6.45, 7) is 3.98. The van der Waals surface area contributed by atoms with Crippen molar-refractivity contribution in [1.29, 1.82) is 0 Å². The molecule has 1 heterocycles. The zero-order valence-corrected chi connectivity index (χ0v) is 11.3. The van der Waals surface area contributed by atoms with E-state index in [1.807, 2.05) is 0 Å². The Balaban J connectivity index is 2.86. The predicted octanol–water partition coefficient (Wildman–Crippen LogP) is 1.33. The zero-order valence-electron chi connectivity index (χ0n) is 9.68. The highest BCUT2D eigenvalue weighted by Crippen LogP contribution is 2.30. The Hall–Kier alpha value is -0.690. The third-order valence-corrected chi connectivity index (χ3v) is 3.02. The molecule has 0 bridgehead atoms. The van der Waals surface area contributed by atoms with Gasteiger partial charge in [0, 0.05) is 13.8 Å². The molecule has 0 radical (unpaired) electrons. The number of alkyl halides is 2. The summed E-state index contributed by atoms with van der Waals surface area (Å²) in [5.74, 6) is -1.22. The Bertz CT molecular complexity index is 311. The van der Waals surface area contributed by atoms with Crippen molar-refractivity contribution in [2.24, 2.45) is 0 Å². The number of rotatable bonds is 2. The first kappa shape index (κ1) is 14.4. The highest BCUT2D eigenvalue weighted by molar-refractivity contribution is 9.09. The zero-order chi connectivity index (χ0) is 13.2. The summed E-state index contributed by atoms with van der Waals surface area (Å²) >= 11 is 2.99. The molecule has 1 aliphatic heterocycles. The van der Waals surface area contributed by atoms with Gasteiger partial charge in [-0.2, -0.15) is 0 Å². The average molecular weight is 313 g/mol. The maximum absolute atomic E-state index is 13.8. The van der Waals surface area contributed by atoms with Gasteiger partial charge in [-0.05, 0) is 6.92 Å². The van der Waals surface area contributed by atoms with E-state index in [1.165, 1.54) is 13.8 Å². The molecule has 0 aromatic carbocycles. The summed E-state index contributed by atoms with van der Waals surface area (Å²) in [4.78, 5) is 21.8. The molecule has 0 aromatic rings. The van der Waals surface area contributed by atoms with Gasteiger partial charge in [-0.1, -0.05) is 15.9 Å². The van der Waals surface area contributed by atoms with E-state index in [2.05, 4.69) is 15.9 Å². The van der Waals surface area contributed by atoms with Gasteiger partial charge in [0.2, 0.25) is 0 Å². The van der Waals surface area contributed by atoms with Gasteiger partial charge in [0.25, 0.3) is 0 Å². The van der Waals surface area contributed by atoms with E-state index >= 15 is 0 Å². The topological polar surface area (TPSA) is 61.8 Å². The molecular formula is C10H14BrFO5. The number of esters is 2. The van der Waals surface area contributed by atoms with Crippen LogP contribution in [0.5, 0.6) is 0 Å². The first-order chi connectivity index (χ1) is 7.82. The van der Waals surface area contributed by atoms with E-state index in [1.54, 1.807) is 6.92 Å². The van der Waals surface area contributed by atoms with Crippen molar-refractivity contribution < 1.29 is 28.2 Å². The van der Waals surface area contributed by atoms with Crippen molar-refractivity contribution in [3.05, 3.63) is 0 Å². The third kappa shape index (κ3) is 3.64. The summed E-state index contributed by atoms with van der Waals surface area (Å²) in [6.07, 6.45) is -4.27. The Labute approximate surface area is 107 Å². The van der Waals surface area contributed by atoms with Crippen LogP contribution >= 0.6 is 15.9 Å². The van der Waals surface area contributed by atoms with Gasteiger partial charge in [0.1, 0.15) is 5.01 Å². The molecule has 1 fully saturated rings. The smallest absolute Gasteiger partial charge is 0.303 e. The Morgan fingerprint density at radius 1 is 1.18 bits per heavy atom. The van der Waals surface area contributed by atoms with Gasteiger partial charge < -0.3 is 14.2 Å². The molecule has 1 aliphatic rings. The minimum absolute atomic E-state index is 0.570. The molecule has 5 nitrogen and oxygen atoms in total. The van der Waals surface area contributed by atoms with Gasteiger partial charge >= 0.3 is 11.9 Å². The number of hydrogen-bond acceptors (Lipinski definition) is 5. The summed E-state index contributed by atoms with van der Waals surface area (Å²) in [7, 11) is 0. The molecular weight excluding hydrogens is 299 g/mol. The summed E-state index contributed by atoms with van der Waals surface area (Å²) in [5.41, 5.74) is 0. The molecule has 0 aliphatic carbocycles. The standard InChI is InChI=1S/C10H14BrFO5/c1-4-8(16-5(2)13)9(17-6(3)14)7(12)10(11)15-4/h4,7-10H,1-3H3/t4-,7-,8+,9-,10+/m1/s1. The molecule has 0 amide bonds. The lowest BCUT2D eigenvalue weighted by atomic mass is 10.0. The molecule has 0 aromatic heterocycles. The normalized spacial score (nSPS) is 37.4. The van der Waals surface area contributed by atoms with E-state index in [0.29, 0.717) is 0 Å². The maximum Gasteiger partial charge on any atom is 0.303 e. The monoisotopic (exact) mass is 312 g/mol. The fourth-order valence-electron chi connectivity index (χ4n) is 1.63. The van der Waals surface area contributed by atoms with Crippen LogP contribution in [0.25, 0.3) is 0 Å². The second-order valence-electron chi connectivity index (χ2n) is 3.78. The maximum atomic E-state index is 13.8. The number of halogens is 2. The summed E-state index contributed by atoms with van der Waals surface area (Å²) in [6, 6.07) is 0. The molecule has 0 unspecified atom stereocenters. The number of hydrogen-bond donors (Lipinski definition) is 0. The minimum atomic E-state index is -1.60. The predicted molar refractivity (Wildman–Crippen MR) is 59.3 cm³/mol. The molecule has 1 rings (SSSR count). The fraction of sp³-hybridized carbons (Fsp3) is 0.800. The van der Waals surface area contributed by atoms with Crippen LogP contribution in [0.4, 0.5) is 4.39 Å². The average Bonchev–Trinajstić information content (AvgIpc) is 2.19. The molecule has 1 saturated heterocycles. The van der Waals surface area contributed by atoms with Crippen LogP contribution < -0.4 is 0 Å². The van der Waals surface area contributed by atoms with Gasteiger partial charge in [-0.3, -0.25) is 9.59 Å². The van der Waals surface area contributed by atoms with Gasteiger partial charge in [-0.25, -0.2) is 4.39 Å². The van der Waals surface area contributed by atoms with Crippen LogP contribution in [0.15, 0.2) is 0 Å². The molecule has 7 heteroatoms. The highest BCUT2D eigenvalue weighted by Gasteiger charge is 2.47. The molecule has 98 valence electrons. The second kappa shape index (κ2) is 5.77. The lowest BCUT2D eigenvalue weighted by Crippen LogP contribution is -2.56. The molecule has 17 heavy (non-hydrogen) atoms. The number of carbonyl (C=O) groups is 2. The van der Waals surface area contributed by atoms with Crippen molar-refractivity contribution in [3.63, 3.8) is 0 Å². The van der Waals surface area contributed by atoms with E-state index in [9.17, 15) is 14.0 Å². The van der Waals surface area contributed by atoms with E-state index < -0.39 is 41.4 Å². The first-order valence-corrected chi connectivity index (χ1v) is 6.02. The fourth-order valence-corrected chi connectivity index (χ4v) is 2.27. The van der Waals surface area contributed by atoms with Crippen molar-refractivity contribution in [2.45, 2.75) is 50.3 Å². The van der Waals surface area contributed by atoms with Crippen LogP contribution in [0.1, 0.15) is 20.8 Å². The van der Waals surface area contributed by atoms with Crippen molar-refractivity contribution >= 4 is 27.9 Å². The quantitative estimate of drug-likeness (QED) is 0.568. The first-order valence-electron chi connectivity index (χ1n) is 5.11. The van der Waals surface area contributed by atoms with E-state index in [-0.39, 0.29) is 0 Å². The lowest BCUT2D eigenvalue weighted by molar-refractivity contribution is -0.209. The molecule has 0 spiro atoms. The second-order valence-corrected chi connectivity index (χ2v) is 4.69. The summed E-state index contributed by atoms with van der Waals surface area (Å²) in [5, 5.41) is -0.895. The minimum Gasteiger partial charge on any atom is -0.456 e. The van der Waals surface area contributed by atoms with Crippen LogP contribution in [-0.4, -0.2) is 41.4 Å². The molecule has 0 saturated carbocycles. The van der Waals surface area contributed by atoms with Crippen LogP contribution in [-0.2, 0) is 23.8 Å². The third-order valence-electron chi connectivity index (χ3n) is 2.30. The summed E-state index contributed by atoms with van der Waals surface area (Å²) < 4.78 is 28.8. The SMILES string of the molecule is CC(=O)O[C@@H]1[C@@H](F)[C@@H](Br)O[C@H](C)[C@@H]1OC(C)=O.